The van der Waals surface area contributed by atoms with Crippen molar-refractivity contribution in [3.05, 3.63) is 69.6 Å². The zero-order valence-corrected chi connectivity index (χ0v) is 20.9. The van der Waals surface area contributed by atoms with Gasteiger partial charge in [-0.1, -0.05) is 17.7 Å². The normalized spacial score (nSPS) is 17.9. The summed E-state index contributed by atoms with van der Waals surface area (Å²) < 4.78 is 14.8. The number of pyridine rings is 2. The van der Waals surface area contributed by atoms with Gasteiger partial charge >= 0.3 is 0 Å². The van der Waals surface area contributed by atoms with E-state index in [0.717, 1.165) is 25.0 Å². The lowest BCUT2D eigenvalue weighted by molar-refractivity contribution is 0.183. The Morgan fingerprint density at radius 1 is 1.30 bits per heavy atom. The van der Waals surface area contributed by atoms with Gasteiger partial charge in [0.25, 0.3) is 5.56 Å². The van der Waals surface area contributed by atoms with E-state index in [1.807, 2.05) is 12.1 Å². The fourth-order valence-corrected chi connectivity index (χ4v) is 4.68. The van der Waals surface area contributed by atoms with Crippen LogP contribution in [-0.2, 0) is 11.8 Å². The Labute approximate surface area is 216 Å². The minimum absolute atomic E-state index is 0.0769. The average molecular weight is 521 g/mol. The maximum atomic E-state index is 13.4. The molecule has 37 heavy (non-hydrogen) atoms. The Bertz CT molecular complexity index is 1560. The third-order valence-corrected chi connectivity index (χ3v) is 6.91. The highest BCUT2D eigenvalue weighted by Gasteiger charge is 2.29. The molecule has 3 N–H and O–H groups in total. The van der Waals surface area contributed by atoms with E-state index in [4.69, 9.17) is 26.8 Å². The molecule has 190 valence electrons. The lowest BCUT2D eigenvalue weighted by Gasteiger charge is -2.15. The number of anilines is 2. The summed E-state index contributed by atoms with van der Waals surface area (Å²) in [4.78, 5) is 26.6. The fourth-order valence-electron chi connectivity index (χ4n) is 4.38. The Morgan fingerprint density at radius 2 is 2.16 bits per heavy atom. The number of fused-ring (bicyclic) bond motifs is 1. The van der Waals surface area contributed by atoms with Crippen molar-refractivity contribution in [2.45, 2.75) is 31.2 Å². The van der Waals surface area contributed by atoms with Crippen molar-refractivity contribution in [1.29, 1.82) is 0 Å². The summed E-state index contributed by atoms with van der Waals surface area (Å²) in [6.45, 7) is 1.10. The molecule has 1 saturated carbocycles. The molecule has 4 aromatic heterocycles. The van der Waals surface area contributed by atoms with Gasteiger partial charge in [-0.3, -0.25) is 9.78 Å². The van der Waals surface area contributed by atoms with Gasteiger partial charge in [0.05, 0.1) is 24.5 Å². The molecule has 0 aromatic carbocycles. The topological polar surface area (TPSA) is 135 Å². The van der Waals surface area contributed by atoms with Crippen molar-refractivity contribution in [2.75, 3.05) is 18.5 Å². The summed E-state index contributed by atoms with van der Waals surface area (Å²) in [5.41, 5.74) is 8.36. The molecule has 5 heterocycles. The second kappa shape index (κ2) is 9.49. The number of hydrogen-bond acceptors (Lipinski definition) is 9. The van der Waals surface area contributed by atoms with E-state index >= 15 is 0 Å². The number of aryl methyl sites for hydroxylation is 1. The van der Waals surface area contributed by atoms with E-state index in [-0.39, 0.29) is 11.6 Å². The molecule has 0 amide bonds. The zero-order chi connectivity index (χ0) is 25.5. The molecule has 0 bridgehead atoms. The number of nitrogens with two attached hydrogens (primary N) is 1. The molecular weight excluding hydrogens is 496 g/mol. The molecule has 0 spiro atoms. The molecule has 6 rings (SSSR count). The van der Waals surface area contributed by atoms with Gasteiger partial charge in [-0.25, -0.2) is 9.67 Å². The van der Waals surface area contributed by atoms with Crippen LogP contribution in [0.5, 0.6) is 5.75 Å². The minimum atomic E-state index is -0.219. The van der Waals surface area contributed by atoms with E-state index in [1.165, 1.54) is 12.4 Å². The van der Waals surface area contributed by atoms with Gasteiger partial charge in [0.1, 0.15) is 21.9 Å². The largest absolute Gasteiger partial charge is 0.450 e. The van der Waals surface area contributed by atoms with Crippen LogP contribution in [0.3, 0.4) is 0 Å². The van der Waals surface area contributed by atoms with E-state index in [1.54, 1.807) is 34.6 Å². The van der Waals surface area contributed by atoms with Crippen molar-refractivity contribution in [1.82, 2.24) is 29.3 Å². The first-order chi connectivity index (χ1) is 18.0. The number of rotatable bonds is 7. The summed E-state index contributed by atoms with van der Waals surface area (Å²) in [6.07, 6.45) is 7.34. The van der Waals surface area contributed by atoms with Gasteiger partial charge in [-0.15, -0.1) is 0 Å². The number of halogens is 1. The summed E-state index contributed by atoms with van der Waals surface area (Å²) >= 11 is 6.74. The zero-order valence-electron chi connectivity index (χ0n) is 20.1. The Kier molecular flexibility index (Phi) is 6.01. The summed E-state index contributed by atoms with van der Waals surface area (Å²) in [7, 11) is 1.79. The monoisotopic (exact) mass is 520 g/mol. The molecule has 0 unspecified atom stereocenters. The molecule has 1 aliphatic heterocycles. The predicted octanol–water partition coefficient (Wildman–Crippen LogP) is 3.49. The Balaban J connectivity index is 1.35. The molecule has 12 heteroatoms. The number of ether oxygens (including phenoxy) is 2. The number of nitrogens with one attached hydrogen (secondary N) is 1. The van der Waals surface area contributed by atoms with E-state index in [2.05, 4.69) is 25.4 Å². The third kappa shape index (κ3) is 4.40. The molecule has 1 atom stereocenters. The predicted molar refractivity (Wildman–Crippen MR) is 139 cm³/mol. The highest BCUT2D eigenvalue weighted by molar-refractivity contribution is 6.36. The Hall–Kier alpha value is -3.96. The van der Waals surface area contributed by atoms with Crippen molar-refractivity contribution in [3.63, 3.8) is 0 Å². The van der Waals surface area contributed by atoms with Gasteiger partial charge in [0, 0.05) is 32.0 Å². The van der Waals surface area contributed by atoms with Crippen LogP contribution in [0.25, 0.3) is 16.9 Å². The highest BCUT2D eigenvalue weighted by atomic mass is 35.5. The highest BCUT2D eigenvalue weighted by Crippen LogP contribution is 2.40. The van der Waals surface area contributed by atoms with Gasteiger partial charge in [-0.05, 0) is 37.5 Å². The third-order valence-electron chi connectivity index (χ3n) is 6.54. The smallest absolute Gasteiger partial charge is 0.290 e. The van der Waals surface area contributed by atoms with Crippen molar-refractivity contribution < 1.29 is 9.47 Å². The summed E-state index contributed by atoms with van der Waals surface area (Å²) in [5, 5.41) is 8.16. The molecular formula is C25H25ClN8O3. The average Bonchev–Trinajstić information content (AvgIpc) is 3.52. The second-order valence-corrected chi connectivity index (χ2v) is 9.48. The van der Waals surface area contributed by atoms with Gasteiger partial charge in [0.2, 0.25) is 5.95 Å². The van der Waals surface area contributed by atoms with E-state index in [9.17, 15) is 4.79 Å². The minimum Gasteiger partial charge on any atom is -0.450 e. The summed E-state index contributed by atoms with van der Waals surface area (Å²) in [6, 6.07) is 7.15. The van der Waals surface area contributed by atoms with Crippen LogP contribution >= 0.6 is 11.6 Å². The van der Waals surface area contributed by atoms with Gasteiger partial charge < -0.3 is 25.1 Å². The number of nitrogens with zero attached hydrogens (tertiary/aromatic N) is 6. The lowest BCUT2D eigenvalue weighted by Crippen LogP contribution is -2.30. The summed E-state index contributed by atoms with van der Waals surface area (Å²) in [5.74, 6) is 1.43. The first-order valence-electron chi connectivity index (χ1n) is 12.0. The van der Waals surface area contributed by atoms with Crippen molar-refractivity contribution in [3.8, 4) is 5.75 Å². The lowest BCUT2D eigenvalue weighted by atomic mass is 10.2. The van der Waals surface area contributed by atoms with Crippen molar-refractivity contribution in [2.24, 2.45) is 12.8 Å². The van der Waals surface area contributed by atoms with E-state index < -0.39 is 0 Å². The van der Waals surface area contributed by atoms with Crippen LogP contribution < -0.4 is 21.3 Å². The molecule has 1 aliphatic carbocycles. The molecule has 11 nitrogen and oxygen atoms in total. The molecule has 2 aliphatic rings. The number of hydrogen-bond donors (Lipinski definition) is 2. The number of aromatic nitrogens is 6. The molecule has 4 aromatic rings. The quantitative estimate of drug-likeness (QED) is 0.351. The van der Waals surface area contributed by atoms with Crippen LogP contribution in [0.15, 0.2) is 47.7 Å². The van der Waals surface area contributed by atoms with Crippen LogP contribution in [0, 0.1) is 0 Å². The van der Waals surface area contributed by atoms with Gasteiger partial charge in [0.15, 0.2) is 17.2 Å². The SMILES string of the molecule is Cn1c(Nc2cc(C3CC3)nn([C@H]3CCOC3)c2=O)nc2ncc(OC(=CN)c3ccccn3)c(Cl)c21. The molecule has 1 saturated heterocycles. The fraction of sp³-hybridized carbons (Fsp3) is 0.320. The first kappa shape index (κ1) is 23.4. The molecule has 0 radical (unpaired) electrons. The maximum Gasteiger partial charge on any atom is 0.290 e. The second-order valence-electron chi connectivity index (χ2n) is 9.10. The van der Waals surface area contributed by atoms with Gasteiger partial charge in [-0.2, -0.15) is 10.1 Å². The van der Waals surface area contributed by atoms with Crippen LogP contribution in [0.1, 0.15) is 42.6 Å². The van der Waals surface area contributed by atoms with Crippen LogP contribution in [0.4, 0.5) is 11.6 Å². The molecule has 2 fully saturated rings. The van der Waals surface area contributed by atoms with E-state index in [0.29, 0.717) is 64.2 Å². The Morgan fingerprint density at radius 3 is 2.86 bits per heavy atom. The van der Waals surface area contributed by atoms with Crippen LogP contribution in [-0.4, -0.2) is 42.5 Å². The standard InChI is InChI=1S/C25H25ClN8O3/c1-33-22-21(26)20(37-19(11-27)16-4-2-3-8-28-16)12-29-23(22)31-25(33)30-18-10-17(14-5-6-14)32-34(24(18)35)15-7-9-36-13-15/h2-4,8,10-12,14-15H,5-7,9,13,27H2,1H3,(H,29,30,31)/t15-/m0/s1. The van der Waals surface area contributed by atoms with Crippen molar-refractivity contribution >= 4 is 40.2 Å². The maximum absolute atomic E-state index is 13.4. The van der Waals surface area contributed by atoms with Crippen LogP contribution in [0.2, 0.25) is 5.02 Å². The first-order valence-corrected chi connectivity index (χ1v) is 12.4. The number of imidazole rings is 1.